The molecule has 0 radical (unpaired) electrons. The Hall–Kier alpha value is -2.12. The summed E-state index contributed by atoms with van der Waals surface area (Å²) in [6, 6.07) is 17.3. The van der Waals surface area contributed by atoms with Crippen LogP contribution >= 0.6 is 0 Å². The minimum Gasteiger partial charge on any atom is -0.487 e. The van der Waals surface area contributed by atoms with E-state index in [-0.39, 0.29) is 0 Å². The first-order valence-corrected chi connectivity index (χ1v) is 9.78. The van der Waals surface area contributed by atoms with E-state index >= 15 is 0 Å². The smallest absolute Gasteiger partial charge is 0.161 e. The van der Waals surface area contributed by atoms with Gasteiger partial charge >= 0.3 is 0 Å². The lowest BCUT2D eigenvalue weighted by Gasteiger charge is -2.25. The fourth-order valence-corrected chi connectivity index (χ4v) is 3.02. The van der Waals surface area contributed by atoms with Crippen LogP contribution in [0.25, 0.3) is 0 Å². The fourth-order valence-electron chi connectivity index (χ4n) is 3.02. The number of fused-ring (bicyclic) bond motifs is 1. The molecule has 0 aliphatic carbocycles. The molecule has 0 spiro atoms. The molecule has 1 aliphatic heterocycles. The number of nitrogens with zero attached hydrogens (tertiary/aromatic N) is 1. The number of rotatable bonds is 3. The average Bonchev–Trinajstić information content (AvgIpc) is 2.74. The molecule has 0 amide bonds. The summed E-state index contributed by atoms with van der Waals surface area (Å²) >= 11 is 0. The number of β-amino-alcohol motifs (C(OH)–C–C–N with tert-alkyl or cyclic N) is 1. The highest BCUT2D eigenvalue weighted by atomic mass is 16.6. The van der Waals surface area contributed by atoms with Crippen molar-refractivity contribution >= 4 is 0 Å². The van der Waals surface area contributed by atoms with Gasteiger partial charge in [0.25, 0.3) is 0 Å². The van der Waals surface area contributed by atoms with Gasteiger partial charge < -0.3 is 24.1 Å². The molecule has 0 unspecified atom stereocenters. The largest absolute Gasteiger partial charge is 0.487 e. The van der Waals surface area contributed by atoms with E-state index in [0.29, 0.717) is 57.7 Å². The van der Waals surface area contributed by atoms with Crippen LogP contribution in [0.1, 0.15) is 11.7 Å². The predicted octanol–water partition coefficient (Wildman–Crippen LogP) is 2.53. The molecule has 2 aromatic carbocycles. The number of benzene rings is 2. The highest BCUT2D eigenvalue weighted by Gasteiger charge is 2.14. The van der Waals surface area contributed by atoms with E-state index in [0.717, 1.165) is 18.7 Å². The second kappa shape index (κ2) is 11.7. The van der Waals surface area contributed by atoms with E-state index in [1.54, 1.807) is 0 Å². The van der Waals surface area contributed by atoms with Crippen molar-refractivity contribution in [3.05, 3.63) is 60.2 Å². The molecule has 152 valence electrons. The summed E-state index contributed by atoms with van der Waals surface area (Å²) in [6.07, 6.45) is -0.538. The Morgan fingerprint density at radius 1 is 0.714 bits per heavy atom. The summed E-state index contributed by atoms with van der Waals surface area (Å²) in [7, 11) is 0. The molecule has 1 aliphatic rings. The van der Waals surface area contributed by atoms with E-state index in [9.17, 15) is 5.11 Å². The maximum atomic E-state index is 10.5. The van der Waals surface area contributed by atoms with E-state index < -0.39 is 6.10 Å². The molecule has 1 N–H and O–H groups in total. The van der Waals surface area contributed by atoms with Crippen LogP contribution in [-0.2, 0) is 9.47 Å². The first-order chi connectivity index (χ1) is 13.8. The normalized spacial score (nSPS) is 18.6. The Bertz CT molecular complexity index is 647. The highest BCUT2D eigenvalue weighted by molar-refractivity contribution is 5.39. The Morgan fingerprint density at radius 3 is 1.82 bits per heavy atom. The molecule has 2 aromatic rings. The average molecular weight is 387 g/mol. The van der Waals surface area contributed by atoms with Gasteiger partial charge in [-0.25, -0.2) is 0 Å². The van der Waals surface area contributed by atoms with Crippen LogP contribution in [0, 0.1) is 0 Å². The topological polar surface area (TPSA) is 60.4 Å². The van der Waals surface area contributed by atoms with Crippen molar-refractivity contribution in [1.82, 2.24) is 4.90 Å². The third-order valence-electron chi connectivity index (χ3n) is 4.54. The summed E-state index contributed by atoms with van der Waals surface area (Å²) in [5, 5.41) is 10.5. The summed E-state index contributed by atoms with van der Waals surface area (Å²) < 4.78 is 23.0. The Balaban J connectivity index is 1.52. The second-order valence-corrected chi connectivity index (χ2v) is 6.60. The SMILES string of the molecule is O[C@@H](CN1CCOCCOc2ccccc2OCCOCC1)c1ccccc1. The van der Waals surface area contributed by atoms with Crippen LogP contribution < -0.4 is 9.47 Å². The van der Waals surface area contributed by atoms with Gasteiger partial charge in [-0.1, -0.05) is 42.5 Å². The molecular weight excluding hydrogens is 358 g/mol. The van der Waals surface area contributed by atoms with E-state index in [4.69, 9.17) is 18.9 Å². The molecule has 3 rings (SSSR count). The van der Waals surface area contributed by atoms with Crippen LogP contribution in [-0.4, -0.2) is 69.3 Å². The molecule has 0 saturated heterocycles. The molecule has 0 bridgehead atoms. The molecule has 28 heavy (non-hydrogen) atoms. The monoisotopic (exact) mass is 387 g/mol. The van der Waals surface area contributed by atoms with Gasteiger partial charge in [0, 0.05) is 19.6 Å². The van der Waals surface area contributed by atoms with Crippen molar-refractivity contribution in [1.29, 1.82) is 0 Å². The standard InChI is InChI=1S/C22H29NO5/c24-20(19-6-2-1-3-7-19)18-23-10-12-25-14-16-27-21-8-4-5-9-22(21)28-17-15-26-13-11-23/h1-9,20,24H,10-18H2/t20-/m0/s1. The molecule has 6 nitrogen and oxygen atoms in total. The second-order valence-electron chi connectivity index (χ2n) is 6.60. The van der Waals surface area contributed by atoms with Gasteiger partial charge in [0.15, 0.2) is 11.5 Å². The van der Waals surface area contributed by atoms with Crippen LogP contribution in [0.3, 0.4) is 0 Å². The van der Waals surface area contributed by atoms with Crippen molar-refractivity contribution in [3.8, 4) is 11.5 Å². The van der Waals surface area contributed by atoms with Gasteiger partial charge in [-0.2, -0.15) is 0 Å². The number of aliphatic hydroxyl groups excluding tert-OH is 1. The first kappa shape index (κ1) is 20.6. The van der Waals surface area contributed by atoms with Gasteiger partial charge in [-0.15, -0.1) is 0 Å². The van der Waals surface area contributed by atoms with Gasteiger partial charge in [0.1, 0.15) is 13.2 Å². The molecule has 0 fully saturated rings. The fraction of sp³-hybridized carbons (Fsp3) is 0.455. The van der Waals surface area contributed by atoms with Crippen molar-refractivity contribution in [2.45, 2.75) is 6.10 Å². The predicted molar refractivity (Wildman–Crippen MR) is 107 cm³/mol. The summed E-state index contributed by atoms with van der Waals surface area (Å²) in [5.41, 5.74) is 0.916. The van der Waals surface area contributed by atoms with E-state index in [1.807, 2.05) is 54.6 Å². The molecule has 1 atom stereocenters. The summed E-state index contributed by atoms with van der Waals surface area (Å²) in [6.45, 7) is 5.05. The van der Waals surface area contributed by atoms with Gasteiger partial charge in [-0.3, -0.25) is 4.90 Å². The number of ether oxygens (including phenoxy) is 4. The third kappa shape index (κ3) is 6.80. The molecular formula is C22H29NO5. The quantitative estimate of drug-likeness (QED) is 0.873. The Kier molecular flexibility index (Phi) is 8.58. The zero-order valence-corrected chi connectivity index (χ0v) is 16.2. The van der Waals surface area contributed by atoms with Gasteiger partial charge in [0.05, 0.1) is 32.5 Å². The maximum absolute atomic E-state index is 10.5. The number of aliphatic hydroxyl groups is 1. The minimum atomic E-state index is -0.538. The minimum absolute atomic E-state index is 0.462. The molecule has 1 heterocycles. The lowest BCUT2D eigenvalue weighted by Crippen LogP contribution is -2.35. The Labute approximate surface area is 166 Å². The lowest BCUT2D eigenvalue weighted by molar-refractivity contribution is 0.0394. The number of hydrogen-bond donors (Lipinski definition) is 1. The van der Waals surface area contributed by atoms with E-state index in [2.05, 4.69) is 4.90 Å². The summed E-state index contributed by atoms with van der Waals surface area (Å²) in [4.78, 5) is 2.16. The van der Waals surface area contributed by atoms with Crippen molar-refractivity contribution in [2.24, 2.45) is 0 Å². The maximum Gasteiger partial charge on any atom is 0.161 e. The first-order valence-electron chi connectivity index (χ1n) is 9.78. The van der Waals surface area contributed by atoms with Crippen LogP contribution in [0.2, 0.25) is 0 Å². The molecule has 6 heteroatoms. The molecule has 0 saturated carbocycles. The van der Waals surface area contributed by atoms with Crippen molar-refractivity contribution in [2.75, 3.05) is 59.3 Å². The lowest BCUT2D eigenvalue weighted by atomic mass is 10.1. The van der Waals surface area contributed by atoms with E-state index in [1.165, 1.54) is 0 Å². The Morgan fingerprint density at radius 2 is 1.25 bits per heavy atom. The van der Waals surface area contributed by atoms with Crippen molar-refractivity contribution in [3.63, 3.8) is 0 Å². The van der Waals surface area contributed by atoms with Gasteiger partial charge in [-0.05, 0) is 17.7 Å². The van der Waals surface area contributed by atoms with Gasteiger partial charge in [0.2, 0.25) is 0 Å². The molecule has 0 aromatic heterocycles. The number of para-hydroxylation sites is 2. The highest BCUT2D eigenvalue weighted by Crippen LogP contribution is 2.26. The zero-order valence-electron chi connectivity index (χ0n) is 16.2. The third-order valence-corrected chi connectivity index (χ3v) is 4.54. The number of hydrogen-bond acceptors (Lipinski definition) is 6. The van der Waals surface area contributed by atoms with Crippen LogP contribution in [0.15, 0.2) is 54.6 Å². The zero-order chi connectivity index (χ0) is 19.4. The van der Waals surface area contributed by atoms with Crippen LogP contribution in [0.4, 0.5) is 0 Å². The van der Waals surface area contributed by atoms with Crippen LogP contribution in [0.5, 0.6) is 11.5 Å². The van der Waals surface area contributed by atoms with Crippen molar-refractivity contribution < 1.29 is 24.1 Å². The summed E-state index contributed by atoms with van der Waals surface area (Å²) in [5.74, 6) is 1.43.